The van der Waals surface area contributed by atoms with Gasteiger partial charge in [0.25, 0.3) is 0 Å². The summed E-state index contributed by atoms with van der Waals surface area (Å²) in [6.07, 6.45) is 0. The molecule has 0 aliphatic heterocycles. The molecule has 10 aromatic rings. The van der Waals surface area contributed by atoms with Crippen molar-refractivity contribution in [1.82, 2.24) is 15.0 Å². The summed E-state index contributed by atoms with van der Waals surface area (Å²) >= 11 is 0. The molecule has 0 amide bonds. The van der Waals surface area contributed by atoms with Crippen LogP contribution in [0.25, 0.3) is 78.0 Å². The van der Waals surface area contributed by atoms with Gasteiger partial charge in [0.05, 0.1) is 13.9 Å². The molecule has 0 unspecified atom stereocenters. The normalized spacial score (nSPS) is 12.9. The molecule has 5 heteroatoms. The van der Waals surface area contributed by atoms with Gasteiger partial charge in [-0.15, -0.1) is 0 Å². The van der Waals surface area contributed by atoms with E-state index in [1.807, 2.05) is 132 Å². The fraction of sp³-hybridized carbons (Fsp3) is 0. The highest BCUT2D eigenvalue weighted by atomic mass is 16.3. The largest absolute Gasteiger partial charge is 0.456 e. The first-order valence-corrected chi connectivity index (χ1v) is 17.5. The number of para-hydroxylation sites is 2. The molecule has 5 nitrogen and oxygen atoms in total. The number of rotatable bonds is 7. The van der Waals surface area contributed by atoms with Gasteiger partial charge in [-0.05, 0) is 64.3 Å². The van der Waals surface area contributed by atoms with Crippen molar-refractivity contribution < 1.29 is 12.6 Å². The monoisotopic (exact) mass is 698 g/mol. The van der Waals surface area contributed by atoms with E-state index in [1.54, 1.807) is 0 Å². The van der Waals surface area contributed by atoms with Crippen molar-refractivity contribution in [3.63, 3.8) is 0 Å². The Morgan fingerprint density at radius 2 is 1.02 bits per heavy atom. The molecule has 0 fully saturated rings. The first kappa shape index (κ1) is 25.6. The molecule has 0 N–H and O–H groups in total. The Hall–Kier alpha value is -7.37. The summed E-state index contributed by atoms with van der Waals surface area (Å²) in [6.45, 7) is 0. The van der Waals surface area contributed by atoms with E-state index < -0.39 is 18.1 Å². The number of anilines is 3. The average molecular weight is 699 g/mol. The lowest BCUT2D eigenvalue weighted by Crippen LogP contribution is -2.10. The maximum Gasteiger partial charge on any atom is 0.164 e. The van der Waals surface area contributed by atoms with Crippen molar-refractivity contribution in [2.75, 3.05) is 4.90 Å². The van der Waals surface area contributed by atoms with Gasteiger partial charge in [-0.2, -0.15) is 0 Å². The minimum absolute atomic E-state index is 0.0323. The second kappa shape index (κ2) is 13.3. The van der Waals surface area contributed by atoms with E-state index >= 15 is 0 Å². The summed E-state index contributed by atoms with van der Waals surface area (Å²) in [4.78, 5) is 16.7. The Morgan fingerprint density at radius 1 is 0.444 bits per heavy atom. The van der Waals surface area contributed by atoms with Crippen molar-refractivity contribution in [1.29, 1.82) is 0 Å². The summed E-state index contributed by atoms with van der Waals surface area (Å²) in [5.41, 5.74) is 5.02. The lowest BCUT2D eigenvalue weighted by Gasteiger charge is -2.26. The molecule has 0 bridgehead atoms. The van der Waals surface area contributed by atoms with Crippen LogP contribution in [0.4, 0.5) is 17.1 Å². The third kappa shape index (κ3) is 5.74. The molecule has 0 radical (unpaired) electrons. The topological polar surface area (TPSA) is 55.1 Å². The van der Waals surface area contributed by atoms with Crippen molar-refractivity contribution in [3.05, 3.63) is 194 Å². The van der Waals surface area contributed by atoms with Crippen LogP contribution in [0.15, 0.2) is 198 Å². The van der Waals surface area contributed by atoms with E-state index in [2.05, 4.69) is 30.3 Å². The summed E-state index contributed by atoms with van der Waals surface area (Å²) in [5, 5.41) is 2.13. The molecule has 8 aromatic carbocycles. The predicted octanol–water partition coefficient (Wildman–Crippen LogP) is 13.1. The van der Waals surface area contributed by atoms with Crippen LogP contribution in [0, 0.1) is 0 Å². The first-order chi connectivity index (χ1) is 29.3. The molecular weight excluding hydrogens is 661 g/mol. The van der Waals surface area contributed by atoms with Crippen LogP contribution in [-0.4, -0.2) is 15.0 Å². The zero-order chi connectivity index (χ0) is 41.1. The zero-order valence-electron chi connectivity index (χ0n) is 34.7. The number of benzene rings is 8. The Kier molecular flexibility index (Phi) is 6.30. The molecule has 0 aliphatic rings. The van der Waals surface area contributed by atoms with Crippen LogP contribution in [-0.2, 0) is 0 Å². The van der Waals surface area contributed by atoms with E-state index in [1.165, 1.54) is 0 Å². The highest BCUT2D eigenvalue weighted by Gasteiger charge is 2.22. The SMILES string of the molecule is [2H]c1c([2H])c([2H])c2c(oc3c([2H])c(N(c4ccccc4)c4ccc5cc(-c6ccccc6)ccc5c4)c([2H])c(-c4nc(-c5ccccc5)nc(-c5ccccc5)n4)c32)c1[2H]. The Balaban J connectivity index is 1.30. The molecule has 0 atom stereocenters. The number of fused-ring (bicyclic) bond motifs is 4. The van der Waals surface area contributed by atoms with Crippen molar-refractivity contribution >= 4 is 49.8 Å². The smallest absolute Gasteiger partial charge is 0.164 e. The standard InChI is InChI=1S/C49H32N4O/c1-5-15-33(16-6-1)36-25-26-38-30-40(28-27-37(38)29-36)53(39-21-11-4-12-22-39)41-31-43(46-42-23-13-14-24-44(42)54-45(46)32-41)49-51-47(34-17-7-2-8-18-34)50-48(52-49)35-19-9-3-10-20-35/h1-32H/i13D,14D,23D,24D,31D,32D. The van der Waals surface area contributed by atoms with Gasteiger partial charge in [0, 0.05) is 44.9 Å². The molecule has 2 aromatic heterocycles. The lowest BCUT2D eigenvalue weighted by molar-refractivity contribution is 0.669. The minimum atomic E-state index is -0.471. The second-order valence-electron chi connectivity index (χ2n) is 12.8. The van der Waals surface area contributed by atoms with Crippen LogP contribution in [0.1, 0.15) is 8.22 Å². The van der Waals surface area contributed by atoms with Crippen molar-refractivity contribution in [2.24, 2.45) is 0 Å². The highest BCUT2D eigenvalue weighted by molar-refractivity contribution is 6.13. The van der Waals surface area contributed by atoms with Gasteiger partial charge in [-0.1, -0.05) is 146 Å². The Morgan fingerprint density at radius 3 is 1.70 bits per heavy atom. The molecule has 10 rings (SSSR count). The van der Waals surface area contributed by atoms with Gasteiger partial charge in [-0.25, -0.2) is 15.0 Å². The number of nitrogens with zero attached hydrogens (tertiary/aromatic N) is 4. The van der Waals surface area contributed by atoms with Crippen LogP contribution in [0.5, 0.6) is 0 Å². The second-order valence-corrected chi connectivity index (χ2v) is 12.8. The van der Waals surface area contributed by atoms with Crippen molar-refractivity contribution in [3.8, 4) is 45.3 Å². The Labute approximate surface area is 320 Å². The number of furan rings is 1. The van der Waals surface area contributed by atoms with Gasteiger partial charge < -0.3 is 9.32 Å². The molecule has 254 valence electrons. The molecule has 0 spiro atoms. The molecule has 0 aliphatic carbocycles. The Bertz CT molecular complexity index is 3220. The number of hydrogen-bond donors (Lipinski definition) is 0. The maximum absolute atomic E-state index is 10.2. The van der Waals surface area contributed by atoms with E-state index in [-0.39, 0.29) is 57.1 Å². The molecular formula is C49H32N4O. The van der Waals surface area contributed by atoms with Crippen LogP contribution in [0.2, 0.25) is 0 Å². The minimum Gasteiger partial charge on any atom is -0.456 e. The fourth-order valence-corrected chi connectivity index (χ4v) is 6.83. The third-order valence-electron chi connectivity index (χ3n) is 9.41. The summed E-state index contributed by atoms with van der Waals surface area (Å²) in [6, 6.07) is 48.7. The van der Waals surface area contributed by atoms with E-state index in [9.17, 15) is 2.74 Å². The van der Waals surface area contributed by atoms with Crippen molar-refractivity contribution in [2.45, 2.75) is 0 Å². The first-order valence-electron chi connectivity index (χ1n) is 20.5. The highest BCUT2D eigenvalue weighted by Crippen LogP contribution is 2.44. The molecule has 54 heavy (non-hydrogen) atoms. The van der Waals surface area contributed by atoms with Crippen LogP contribution < -0.4 is 4.90 Å². The molecule has 2 heterocycles. The number of aromatic nitrogens is 3. The van der Waals surface area contributed by atoms with E-state index in [0.29, 0.717) is 34.2 Å². The zero-order valence-corrected chi connectivity index (χ0v) is 28.7. The third-order valence-corrected chi connectivity index (χ3v) is 9.41. The van der Waals surface area contributed by atoms with Gasteiger partial charge in [0.15, 0.2) is 17.5 Å². The van der Waals surface area contributed by atoms with E-state index in [0.717, 1.165) is 21.9 Å². The van der Waals surface area contributed by atoms with Crippen LogP contribution >= 0.6 is 0 Å². The lowest BCUT2D eigenvalue weighted by atomic mass is 10.00. The van der Waals surface area contributed by atoms with Gasteiger partial charge in [-0.3, -0.25) is 0 Å². The maximum atomic E-state index is 10.2. The average Bonchev–Trinajstić information content (AvgIpc) is 3.70. The number of hydrogen-bond acceptors (Lipinski definition) is 5. The molecule has 0 saturated carbocycles. The summed E-state index contributed by atoms with van der Waals surface area (Å²) < 4.78 is 61.5. The van der Waals surface area contributed by atoms with Crippen LogP contribution in [0.3, 0.4) is 0 Å². The predicted molar refractivity (Wildman–Crippen MR) is 221 cm³/mol. The van der Waals surface area contributed by atoms with Gasteiger partial charge >= 0.3 is 0 Å². The quantitative estimate of drug-likeness (QED) is 0.166. The fourth-order valence-electron chi connectivity index (χ4n) is 6.83. The molecule has 0 saturated heterocycles. The van der Waals surface area contributed by atoms with E-state index in [4.69, 9.17) is 24.9 Å². The summed E-state index contributed by atoms with van der Waals surface area (Å²) in [5.74, 6) is 0.749. The van der Waals surface area contributed by atoms with Gasteiger partial charge in [0.2, 0.25) is 0 Å². The van der Waals surface area contributed by atoms with Gasteiger partial charge in [0.1, 0.15) is 11.2 Å². The summed E-state index contributed by atoms with van der Waals surface area (Å²) in [7, 11) is 0.